The molecule has 0 aromatic heterocycles. The normalized spacial score (nSPS) is 11.1. The van der Waals surface area contributed by atoms with Gasteiger partial charge in [0.2, 0.25) is 5.43 Å². The van der Waals surface area contributed by atoms with Crippen LogP contribution in [0.15, 0.2) is 41.2 Å². The summed E-state index contributed by atoms with van der Waals surface area (Å²) < 4.78 is 0. The van der Waals surface area contributed by atoms with E-state index in [1.807, 2.05) is 24.3 Å². The summed E-state index contributed by atoms with van der Waals surface area (Å²) in [6.07, 6.45) is 0. The van der Waals surface area contributed by atoms with E-state index in [9.17, 15) is 9.90 Å². The Morgan fingerprint density at radius 2 is 1.88 bits per heavy atom. The predicted molar refractivity (Wildman–Crippen MR) is 67.3 cm³/mol. The number of aromatic amines is 1. The van der Waals surface area contributed by atoms with Gasteiger partial charge in [0.05, 0.1) is 16.9 Å². The standard InChI is InChI=1S/C13H10N2O2/c14-12-7-3-1-2-4-8(7)15-9-5-6-10(16)13(17)11(9)12/h1-6,15-16H,14H2. The van der Waals surface area contributed by atoms with Crippen molar-refractivity contribution < 1.29 is 5.11 Å². The zero-order valence-electron chi connectivity index (χ0n) is 8.90. The molecule has 4 N–H and O–H groups in total. The number of H-pyrrole nitrogens is 1. The van der Waals surface area contributed by atoms with Crippen LogP contribution in [0.5, 0.6) is 5.75 Å². The van der Waals surface area contributed by atoms with Crippen LogP contribution in [0, 0.1) is 0 Å². The van der Waals surface area contributed by atoms with E-state index in [-0.39, 0.29) is 5.75 Å². The second-order valence-electron chi connectivity index (χ2n) is 3.92. The van der Waals surface area contributed by atoms with Crippen LogP contribution in [0.25, 0.3) is 22.2 Å². The van der Waals surface area contributed by atoms with Crippen LogP contribution in [0.3, 0.4) is 0 Å². The number of para-hydroxylation sites is 1. The van der Waals surface area contributed by atoms with E-state index in [1.54, 1.807) is 6.07 Å². The topological polar surface area (TPSA) is 79.1 Å². The summed E-state index contributed by atoms with van der Waals surface area (Å²) in [6, 6.07) is 10.5. The van der Waals surface area contributed by atoms with Crippen molar-refractivity contribution in [3.05, 3.63) is 46.6 Å². The Kier molecular flexibility index (Phi) is 1.86. The molecule has 1 heterocycles. The van der Waals surface area contributed by atoms with Crippen molar-refractivity contribution in [1.29, 1.82) is 0 Å². The molecule has 0 unspecified atom stereocenters. The summed E-state index contributed by atoms with van der Waals surface area (Å²) in [7, 11) is 0. The summed E-state index contributed by atoms with van der Waals surface area (Å²) in [6.45, 7) is 0. The van der Waals surface area contributed by atoms with Gasteiger partial charge in [0.1, 0.15) is 0 Å². The number of anilines is 1. The number of phenolic OH excluding ortho intramolecular Hbond substituents is 1. The molecular formula is C13H10N2O2. The number of pyridine rings is 1. The molecule has 0 radical (unpaired) electrons. The van der Waals surface area contributed by atoms with Gasteiger partial charge in [-0.15, -0.1) is 0 Å². The molecule has 0 fully saturated rings. The molecule has 0 atom stereocenters. The highest BCUT2D eigenvalue weighted by molar-refractivity contribution is 5.99. The second kappa shape index (κ2) is 3.25. The zero-order chi connectivity index (χ0) is 12.0. The molecule has 0 saturated carbocycles. The SMILES string of the molecule is Nc1c2c(=O)c(O)ccc-2[nH]c2ccccc12. The van der Waals surface area contributed by atoms with E-state index in [0.29, 0.717) is 16.9 Å². The first-order chi connectivity index (χ1) is 8.18. The first-order valence-electron chi connectivity index (χ1n) is 5.20. The molecule has 0 amide bonds. The maximum absolute atomic E-state index is 11.8. The third kappa shape index (κ3) is 1.27. The van der Waals surface area contributed by atoms with Crippen LogP contribution in [0.2, 0.25) is 0 Å². The van der Waals surface area contributed by atoms with Gasteiger partial charge in [-0.3, -0.25) is 4.79 Å². The average molecular weight is 226 g/mol. The molecule has 3 rings (SSSR count). The van der Waals surface area contributed by atoms with Gasteiger partial charge in [0.25, 0.3) is 0 Å². The van der Waals surface area contributed by atoms with Crippen LogP contribution >= 0.6 is 0 Å². The third-order valence-electron chi connectivity index (χ3n) is 2.89. The number of nitrogens with two attached hydrogens (primary N) is 1. The number of phenols is 1. The van der Waals surface area contributed by atoms with Crippen molar-refractivity contribution in [2.45, 2.75) is 0 Å². The van der Waals surface area contributed by atoms with Crippen LogP contribution in [0.1, 0.15) is 0 Å². The number of nitrogens with one attached hydrogen (secondary N) is 1. The number of nitrogen functional groups attached to an aromatic ring is 1. The predicted octanol–water partition coefficient (Wildman–Crippen LogP) is 1.92. The minimum atomic E-state index is -0.443. The van der Waals surface area contributed by atoms with E-state index >= 15 is 0 Å². The summed E-state index contributed by atoms with van der Waals surface area (Å²) in [5.41, 5.74) is 7.78. The highest BCUT2D eigenvalue weighted by Crippen LogP contribution is 2.31. The molecule has 17 heavy (non-hydrogen) atoms. The fourth-order valence-electron chi connectivity index (χ4n) is 2.05. The minimum Gasteiger partial charge on any atom is -0.504 e. The molecule has 1 aliphatic carbocycles. The van der Waals surface area contributed by atoms with Crippen molar-refractivity contribution in [1.82, 2.24) is 4.98 Å². The Labute approximate surface area is 96.7 Å². The van der Waals surface area contributed by atoms with Gasteiger partial charge in [0.15, 0.2) is 5.75 Å². The van der Waals surface area contributed by atoms with E-state index in [2.05, 4.69) is 4.98 Å². The Morgan fingerprint density at radius 1 is 1.12 bits per heavy atom. The van der Waals surface area contributed by atoms with Crippen LogP contribution in [-0.4, -0.2) is 10.1 Å². The van der Waals surface area contributed by atoms with Crippen LogP contribution in [-0.2, 0) is 0 Å². The third-order valence-corrected chi connectivity index (χ3v) is 2.89. The van der Waals surface area contributed by atoms with Crippen molar-refractivity contribution >= 4 is 16.6 Å². The maximum Gasteiger partial charge on any atom is 0.231 e. The van der Waals surface area contributed by atoms with Gasteiger partial charge >= 0.3 is 0 Å². The van der Waals surface area contributed by atoms with E-state index in [0.717, 1.165) is 10.9 Å². The first kappa shape index (κ1) is 9.72. The largest absolute Gasteiger partial charge is 0.504 e. The van der Waals surface area contributed by atoms with Crippen molar-refractivity contribution in [3.63, 3.8) is 0 Å². The lowest BCUT2D eigenvalue weighted by Gasteiger charge is -2.12. The molecule has 1 aromatic carbocycles. The molecular weight excluding hydrogens is 216 g/mol. The summed E-state index contributed by atoms with van der Waals surface area (Å²) in [5.74, 6) is -0.284. The number of hydrogen-bond acceptors (Lipinski definition) is 3. The quantitative estimate of drug-likeness (QED) is 0.512. The Balaban J connectivity index is 2.61. The Hall–Kier alpha value is -2.49. The van der Waals surface area contributed by atoms with Gasteiger partial charge in [0, 0.05) is 10.9 Å². The van der Waals surface area contributed by atoms with E-state index in [1.165, 1.54) is 6.07 Å². The number of rotatable bonds is 0. The zero-order valence-corrected chi connectivity index (χ0v) is 8.90. The van der Waals surface area contributed by atoms with Crippen LogP contribution < -0.4 is 11.2 Å². The highest BCUT2D eigenvalue weighted by Gasteiger charge is 2.15. The van der Waals surface area contributed by atoms with Crippen molar-refractivity contribution in [2.75, 3.05) is 5.73 Å². The van der Waals surface area contributed by atoms with E-state index < -0.39 is 5.43 Å². The summed E-state index contributed by atoms with van der Waals surface area (Å²) in [4.78, 5) is 15.0. The molecule has 4 heteroatoms. The number of fused-ring (bicyclic) bond motifs is 2. The minimum absolute atomic E-state index is 0.284. The molecule has 0 saturated heterocycles. The van der Waals surface area contributed by atoms with Gasteiger partial charge < -0.3 is 15.8 Å². The van der Waals surface area contributed by atoms with Gasteiger partial charge in [-0.25, -0.2) is 0 Å². The lowest BCUT2D eigenvalue weighted by Crippen LogP contribution is -2.10. The first-order valence-corrected chi connectivity index (χ1v) is 5.20. The van der Waals surface area contributed by atoms with Gasteiger partial charge in [-0.1, -0.05) is 18.2 Å². The smallest absolute Gasteiger partial charge is 0.231 e. The van der Waals surface area contributed by atoms with Gasteiger partial charge in [-0.05, 0) is 18.2 Å². The fourth-order valence-corrected chi connectivity index (χ4v) is 2.05. The number of aromatic nitrogens is 1. The van der Waals surface area contributed by atoms with Crippen molar-refractivity contribution in [2.24, 2.45) is 0 Å². The van der Waals surface area contributed by atoms with Crippen molar-refractivity contribution in [3.8, 4) is 17.0 Å². The van der Waals surface area contributed by atoms with Gasteiger partial charge in [-0.2, -0.15) is 0 Å². The molecule has 1 aliphatic heterocycles. The summed E-state index contributed by atoms with van der Waals surface area (Å²) in [5, 5.41) is 10.2. The fraction of sp³-hybridized carbons (Fsp3) is 0. The number of hydrogen-bond donors (Lipinski definition) is 3. The summed E-state index contributed by atoms with van der Waals surface area (Å²) >= 11 is 0. The molecule has 84 valence electrons. The lowest BCUT2D eigenvalue weighted by molar-refractivity contribution is 0.470. The molecule has 0 spiro atoms. The molecule has 1 aromatic rings. The highest BCUT2D eigenvalue weighted by atomic mass is 16.3. The van der Waals surface area contributed by atoms with Crippen LogP contribution in [0.4, 0.5) is 5.69 Å². The maximum atomic E-state index is 11.8. The number of benzene rings is 2. The Morgan fingerprint density at radius 3 is 2.71 bits per heavy atom. The molecule has 0 bridgehead atoms. The lowest BCUT2D eigenvalue weighted by atomic mass is 10.0. The Bertz CT molecular complexity index is 746. The second-order valence-corrected chi connectivity index (χ2v) is 3.92. The average Bonchev–Trinajstić information content (AvgIpc) is 2.34. The molecule has 2 aliphatic rings. The number of aromatic hydroxyl groups is 1. The molecule has 4 nitrogen and oxygen atoms in total. The monoisotopic (exact) mass is 226 g/mol. The van der Waals surface area contributed by atoms with E-state index in [4.69, 9.17) is 5.73 Å².